The first-order valence-corrected chi connectivity index (χ1v) is 10.2. The molecule has 30 heavy (non-hydrogen) atoms. The molecule has 0 radical (unpaired) electrons. The van der Waals surface area contributed by atoms with Gasteiger partial charge in [-0.05, 0) is 31.4 Å². The summed E-state index contributed by atoms with van der Waals surface area (Å²) in [5.41, 5.74) is 3.24. The number of hydrogen-bond donors (Lipinski definition) is 2. The van der Waals surface area contributed by atoms with E-state index in [1.807, 2.05) is 19.1 Å². The van der Waals surface area contributed by atoms with Crippen molar-refractivity contribution in [3.63, 3.8) is 0 Å². The van der Waals surface area contributed by atoms with Gasteiger partial charge in [0.25, 0.3) is 0 Å². The molecule has 0 saturated heterocycles. The number of nitrogens with zero attached hydrogens (tertiary/aromatic N) is 2. The molecule has 2 rings (SSSR count). The van der Waals surface area contributed by atoms with Crippen LogP contribution in [0.2, 0.25) is 0 Å². The quantitative estimate of drug-likeness (QED) is 0.194. The van der Waals surface area contributed by atoms with Crippen LogP contribution in [0, 0.1) is 6.92 Å². The third-order valence-electron chi connectivity index (χ3n) is 4.85. The van der Waals surface area contributed by atoms with Crippen LogP contribution >= 0.6 is 24.0 Å². The van der Waals surface area contributed by atoms with E-state index >= 15 is 0 Å². The van der Waals surface area contributed by atoms with E-state index in [4.69, 9.17) is 14.0 Å². The Bertz CT molecular complexity index is 775. The average molecular weight is 530 g/mol. The molecule has 0 bridgehead atoms. The van der Waals surface area contributed by atoms with E-state index in [-0.39, 0.29) is 24.0 Å². The molecule has 0 aliphatic rings. The summed E-state index contributed by atoms with van der Waals surface area (Å²) < 4.78 is 16.4. The maximum Gasteiger partial charge on any atom is 0.191 e. The number of aryl methyl sites for hydroxylation is 1. The molecule has 0 aliphatic heterocycles. The van der Waals surface area contributed by atoms with Gasteiger partial charge in [0.1, 0.15) is 12.4 Å². The lowest BCUT2D eigenvalue weighted by atomic mass is 9.99. The summed E-state index contributed by atoms with van der Waals surface area (Å²) in [6.45, 7) is 8.59. The van der Waals surface area contributed by atoms with Crippen molar-refractivity contribution < 1.29 is 14.0 Å². The van der Waals surface area contributed by atoms with Crippen LogP contribution in [-0.2, 0) is 17.8 Å². The Labute approximate surface area is 197 Å². The van der Waals surface area contributed by atoms with E-state index in [0.717, 1.165) is 41.2 Å². The fourth-order valence-electron chi connectivity index (χ4n) is 3.06. The predicted molar refractivity (Wildman–Crippen MR) is 131 cm³/mol. The number of aromatic nitrogens is 1. The maximum absolute atomic E-state index is 5.85. The highest BCUT2D eigenvalue weighted by molar-refractivity contribution is 14.0. The standard InChI is InChI=1S/C22H34N4O3.HI/c1-6-17(7-2)20-13-19(29-26-20)15-25-22(23-4)24-14-18-9-8-16(3)12-21(18)28-11-10-27-5;/h8-9,12-13,17H,6-7,10-11,14-15H2,1-5H3,(H2,23,24,25);1H. The Morgan fingerprint density at radius 1 is 1.13 bits per heavy atom. The zero-order chi connectivity index (χ0) is 21.1. The van der Waals surface area contributed by atoms with Gasteiger partial charge in [0.05, 0.1) is 18.8 Å². The first kappa shape index (κ1) is 26.2. The molecule has 1 aromatic heterocycles. The zero-order valence-electron chi connectivity index (χ0n) is 18.7. The summed E-state index contributed by atoms with van der Waals surface area (Å²) in [6, 6.07) is 8.21. The van der Waals surface area contributed by atoms with Gasteiger partial charge in [0, 0.05) is 38.2 Å². The van der Waals surface area contributed by atoms with Crippen LogP contribution in [0.5, 0.6) is 5.75 Å². The highest BCUT2D eigenvalue weighted by Gasteiger charge is 2.13. The van der Waals surface area contributed by atoms with Crippen molar-refractivity contribution in [2.24, 2.45) is 4.99 Å². The minimum absolute atomic E-state index is 0. The van der Waals surface area contributed by atoms with Crippen molar-refractivity contribution in [3.05, 3.63) is 46.8 Å². The van der Waals surface area contributed by atoms with E-state index in [2.05, 4.69) is 46.8 Å². The lowest BCUT2D eigenvalue weighted by molar-refractivity contribution is 0.145. The second-order valence-corrected chi connectivity index (χ2v) is 6.96. The Balaban J connectivity index is 0.00000450. The summed E-state index contributed by atoms with van der Waals surface area (Å²) in [4.78, 5) is 4.29. The van der Waals surface area contributed by atoms with Crippen LogP contribution in [-0.4, -0.2) is 38.5 Å². The molecule has 7 nitrogen and oxygen atoms in total. The summed E-state index contributed by atoms with van der Waals surface area (Å²) in [5.74, 6) is 2.79. The molecule has 0 aliphatic carbocycles. The Morgan fingerprint density at radius 2 is 1.87 bits per heavy atom. The van der Waals surface area contributed by atoms with E-state index < -0.39 is 0 Å². The molecule has 168 valence electrons. The van der Waals surface area contributed by atoms with Gasteiger partial charge < -0.3 is 24.6 Å². The van der Waals surface area contributed by atoms with E-state index in [1.165, 1.54) is 0 Å². The summed E-state index contributed by atoms with van der Waals surface area (Å²) in [7, 11) is 3.41. The van der Waals surface area contributed by atoms with Crippen LogP contribution in [0.15, 0.2) is 33.8 Å². The SMILES string of the molecule is CCC(CC)c1cc(CNC(=NC)NCc2ccc(C)cc2OCCOC)on1.I. The lowest BCUT2D eigenvalue weighted by Gasteiger charge is -2.15. The Kier molecular flexibility index (Phi) is 12.4. The van der Waals surface area contributed by atoms with Crippen LogP contribution < -0.4 is 15.4 Å². The lowest BCUT2D eigenvalue weighted by Crippen LogP contribution is -2.36. The molecule has 0 fully saturated rings. The number of aliphatic imine (C=N–C) groups is 1. The van der Waals surface area contributed by atoms with Crippen LogP contribution in [0.3, 0.4) is 0 Å². The monoisotopic (exact) mass is 530 g/mol. The summed E-state index contributed by atoms with van der Waals surface area (Å²) in [6.07, 6.45) is 2.12. The van der Waals surface area contributed by atoms with Crippen LogP contribution in [0.1, 0.15) is 55.2 Å². The molecule has 2 N–H and O–H groups in total. The Morgan fingerprint density at radius 3 is 2.53 bits per heavy atom. The second-order valence-electron chi connectivity index (χ2n) is 6.96. The van der Waals surface area contributed by atoms with Gasteiger partial charge >= 0.3 is 0 Å². The van der Waals surface area contributed by atoms with Crippen molar-refractivity contribution in [1.29, 1.82) is 0 Å². The third-order valence-corrected chi connectivity index (χ3v) is 4.85. The number of nitrogens with one attached hydrogen (secondary N) is 2. The first-order chi connectivity index (χ1) is 14.1. The highest BCUT2D eigenvalue weighted by Crippen LogP contribution is 2.22. The highest BCUT2D eigenvalue weighted by atomic mass is 127. The van der Waals surface area contributed by atoms with Crippen molar-refractivity contribution >= 4 is 29.9 Å². The summed E-state index contributed by atoms with van der Waals surface area (Å²) >= 11 is 0. The molecule has 0 unspecified atom stereocenters. The molecule has 0 atom stereocenters. The largest absolute Gasteiger partial charge is 0.491 e. The number of methoxy groups -OCH3 is 1. The van der Waals surface area contributed by atoms with Gasteiger partial charge in [-0.25, -0.2) is 0 Å². The minimum atomic E-state index is 0. The van der Waals surface area contributed by atoms with Crippen molar-refractivity contribution in [1.82, 2.24) is 15.8 Å². The van der Waals surface area contributed by atoms with Gasteiger partial charge in [0.15, 0.2) is 11.7 Å². The number of ether oxygens (including phenoxy) is 2. The molecule has 1 aromatic carbocycles. The average Bonchev–Trinajstić information content (AvgIpc) is 3.19. The van der Waals surface area contributed by atoms with E-state index in [1.54, 1.807) is 14.2 Å². The van der Waals surface area contributed by atoms with Crippen molar-refractivity contribution in [2.45, 2.75) is 52.6 Å². The minimum Gasteiger partial charge on any atom is -0.491 e. The molecular weight excluding hydrogens is 495 g/mol. The van der Waals surface area contributed by atoms with Gasteiger partial charge in [-0.15, -0.1) is 24.0 Å². The maximum atomic E-state index is 5.85. The second kappa shape index (κ2) is 14.2. The van der Waals surface area contributed by atoms with Crippen LogP contribution in [0.25, 0.3) is 0 Å². The first-order valence-electron chi connectivity index (χ1n) is 10.2. The molecule has 8 heteroatoms. The number of guanidine groups is 1. The van der Waals surface area contributed by atoms with Crippen molar-refractivity contribution in [3.8, 4) is 5.75 Å². The number of benzene rings is 1. The van der Waals surface area contributed by atoms with E-state index in [9.17, 15) is 0 Å². The number of hydrogen-bond acceptors (Lipinski definition) is 5. The predicted octanol–water partition coefficient (Wildman–Crippen LogP) is 4.40. The zero-order valence-corrected chi connectivity index (χ0v) is 21.0. The smallest absolute Gasteiger partial charge is 0.191 e. The van der Waals surface area contributed by atoms with Gasteiger partial charge in [0.2, 0.25) is 0 Å². The number of rotatable bonds is 11. The summed E-state index contributed by atoms with van der Waals surface area (Å²) in [5, 5.41) is 10.8. The topological polar surface area (TPSA) is 80.9 Å². The molecular formula is C22H35IN4O3. The molecule has 0 saturated carbocycles. The molecule has 2 aromatic rings. The van der Waals surface area contributed by atoms with Crippen LogP contribution in [0.4, 0.5) is 0 Å². The van der Waals surface area contributed by atoms with Gasteiger partial charge in [-0.3, -0.25) is 4.99 Å². The van der Waals surface area contributed by atoms with Crippen molar-refractivity contribution in [2.75, 3.05) is 27.4 Å². The molecule has 0 amide bonds. The number of halogens is 1. The van der Waals surface area contributed by atoms with Gasteiger partial charge in [-0.1, -0.05) is 31.1 Å². The molecule has 0 spiro atoms. The van der Waals surface area contributed by atoms with E-state index in [0.29, 0.717) is 38.2 Å². The normalized spacial score (nSPS) is 11.3. The van der Waals surface area contributed by atoms with Gasteiger partial charge in [-0.2, -0.15) is 0 Å². The Hall–Kier alpha value is -1.81. The fraction of sp³-hybridized carbons (Fsp3) is 0.545. The molecule has 1 heterocycles. The third kappa shape index (κ3) is 8.14. The fourth-order valence-corrected chi connectivity index (χ4v) is 3.06.